The van der Waals surface area contributed by atoms with E-state index in [4.69, 9.17) is 28.3 Å². The molecule has 0 spiro atoms. The molecular formula is C15H8Cl2O2S. The minimum absolute atomic E-state index is 0.317. The largest absolute Gasteiger partial charge is 0.477 e. The summed E-state index contributed by atoms with van der Waals surface area (Å²) in [6.07, 6.45) is 0. The van der Waals surface area contributed by atoms with Gasteiger partial charge in [-0.3, -0.25) is 0 Å². The van der Waals surface area contributed by atoms with Crippen LogP contribution in [-0.4, -0.2) is 11.1 Å². The molecule has 0 fully saturated rings. The highest BCUT2D eigenvalue weighted by molar-refractivity contribution is 7.20. The van der Waals surface area contributed by atoms with Gasteiger partial charge in [-0.1, -0.05) is 41.4 Å². The molecule has 2 aromatic carbocycles. The first kappa shape index (κ1) is 13.4. The first-order valence-corrected chi connectivity index (χ1v) is 7.35. The van der Waals surface area contributed by atoms with Gasteiger partial charge in [0, 0.05) is 25.7 Å². The Labute approximate surface area is 129 Å². The molecule has 1 aromatic heterocycles. The summed E-state index contributed by atoms with van der Waals surface area (Å²) in [5.41, 5.74) is 1.75. The summed E-state index contributed by atoms with van der Waals surface area (Å²) < 4.78 is 0.922. The number of aromatic carboxylic acids is 1. The monoisotopic (exact) mass is 322 g/mol. The average molecular weight is 323 g/mol. The van der Waals surface area contributed by atoms with Crippen LogP contribution in [0.4, 0.5) is 0 Å². The van der Waals surface area contributed by atoms with Crippen molar-refractivity contribution in [2.75, 3.05) is 0 Å². The average Bonchev–Trinajstić information content (AvgIpc) is 2.83. The maximum atomic E-state index is 11.1. The van der Waals surface area contributed by atoms with Gasteiger partial charge in [-0.2, -0.15) is 0 Å². The van der Waals surface area contributed by atoms with Gasteiger partial charge in [0.15, 0.2) is 0 Å². The summed E-state index contributed by atoms with van der Waals surface area (Å²) in [6.45, 7) is 0. The molecule has 1 heterocycles. The Bertz CT molecular complexity index is 824. The van der Waals surface area contributed by atoms with Crippen molar-refractivity contribution in [2.45, 2.75) is 0 Å². The molecule has 0 aliphatic heterocycles. The van der Waals surface area contributed by atoms with E-state index in [9.17, 15) is 4.79 Å². The van der Waals surface area contributed by atoms with E-state index in [1.165, 1.54) is 11.3 Å². The van der Waals surface area contributed by atoms with Crippen LogP contribution in [0.3, 0.4) is 0 Å². The van der Waals surface area contributed by atoms with Crippen LogP contribution in [0.2, 0.25) is 10.0 Å². The van der Waals surface area contributed by atoms with Crippen LogP contribution in [0, 0.1) is 0 Å². The number of rotatable bonds is 2. The Kier molecular flexibility index (Phi) is 3.42. The van der Waals surface area contributed by atoms with Crippen LogP contribution in [0.15, 0.2) is 42.5 Å². The van der Waals surface area contributed by atoms with Crippen molar-refractivity contribution in [1.29, 1.82) is 0 Å². The van der Waals surface area contributed by atoms with Gasteiger partial charge in [0.05, 0.1) is 0 Å². The number of hydrogen-bond acceptors (Lipinski definition) is 2. The maximum absolute atomic E-state index is 11.1. The Morgan fingerprint density at radius 1 is 1.05 bits per heavy atom. The Morgan fingerprint density at radius 2 is 1.85 bits per heavy atom. The highest BCUT2D eigenvalue weighted by Crippen LogP contribution is 2.37. The lowest BCUT2D eigenvalue weighted by molar-refractivity contribution is 0.0702. The van der Waals surface area contributed by atoms with Gasteiger partial charge in [0.25, 0.3) is 0 Å². The number of benzene rings is 2. The topological polar surface area (TPSA) is 37.3 Å². The maximum Gasteiger partial charge on any atom is 0.345 e. The number of carboxylic acid groups (broad SMARTS) is 1. The third kappa shape index (κ3) is 2.29. The summed E-state index contributed by atoms with van der Waals surface area (Å²) in [7, 11) is 0. The van der Waals surface area contributed by atoms with Gasteiger partial charge in [0.2, 0.25) is 0 Å². The van der Waals surface area contributed by atoms with Crippen LogP contribution in [-0.2, 0) is 0 Å². The van der Waals surface area contributed by atoms with Gasteiger partial charge in [-0.05, 0) is 29.8 Å². The molecule has 0 aliphatic rings. The fourth-order valence-corrected chi connectivity index (χ4v) is 3.55. The molecule has 5 heteroatoms. The van der Waals surface area contributed by atoms with Crippen LogP contribution in [0.5, 0.6) is 0 Å². The van der Waals surface area contributed by atoms with Crippen LogP contribution in [0.1, 0.15) is 9.67 Å². The lowest BCUT2D eigenvalue weighted by Gasteiger charge is -2.06. The van der Waals surface area contributed by atoms with Crippen molar-refractivity contribution in [3.63, 3.8) is 0 Å². The molecule has 0 aliphatic carbocycles. The number of hydrogen-bond donors (Lipinski definition) is 1. The quantitative estimate of drug-likeness (QED) is 0.669. The SMILES string of the molecule is O=C(O)c1cc2c(-c3ccc(Cl)cc3Cl)cccc2s1. The third-order valence-corrected chi connectivity index (χ3v) is 4.63. The lowest BCUT2D eigenvalue weighted by atomic mass is 10.0. The van der Waals surface area contributed by atoms with E-state index < -0.39 is 5.97 Å². The summed E-state index contributed by atoms with van der Waals surface area (Å²) in [4.78, 5) is 11.4. The first-order chi connectivity index (χ1) is 9.56. The second-order valence-corrected chi connectivity index (χ2v) is 6.18. The van der Waals surface area contributed by atoms with Crippen molar-refractivity contribution < 1.29 is 9.90 Å². The molecule has 3 aromatic rings. The predicted octanol–water partition coefficient (Wildman–Crippen LogP) is 5.57. The molecule has 1 N–H and O–H groups in total. The molecule has 0 saturated heterocycles. The highest BCUT2D eigenvalue weighted by Gasteiger charge is 2.13. The molecule has 0 unspecified atom stereocenters. The number of fused-ring (bicyclic) bond motifs is 1. The minimum Gasteiger partial charge on any atom is -0.477 e. The van der Waals surface area contributed by atoms with E-state index in [1.807, 2.05) is 24.3 Å². The summed E-state index contributed by atoms with van der Waals surface area (Å²) in [6, 6.07) is 12.7. The smallest absolute Gasteiger partial charge is 0.345 e. The van der Waals surface area contributed by atoms with Gasteiger partial charge in [-0.15, -0.1) is 11.3 Å². The molecule has 0 bridgehead atoms. The van der Waals surface area contributed by atoms with Gasteiger partial charge < -0.3 is 5.11 Å². The van der Waals surface area contributed by atoms with E-state index in [0.717, 1.165) is 21.2 Å². The summed E-state index contributed by atoms with van der Waals surface area (Å²) in [5, 5.41) is 11.1. The second kappa shape index (κ2) is 5.09. The number of halogens is 2. The molecule has 2 nitrogen and oxygen atoms in total. The molecule has 0 atom stereocenters. The van der Waals surface area contributed by atoms with Gasteiger partial charge >= 0.3 is 5.97 Å². The highest BCUT2D eigenvalue weighted by atomic mass is 35.5. The van der Waals surface area contributed by atoms with Crippen molar-refractivity contribution >= 4 is 50.6 Å². The summed E-state index contributed by atoms with van der Waals surface area (Å²) in [5.74, 6) is -0.917. The zero-order valence-electron chi connectivity index (χ0n) is 10.1. The molecule has 0 radical (unpaired) electrons. The van der Waals surface area contributed by atoms with Crippen LogP contribution >= 0.6 is 34.5 Å². The molecule has 3 rings (SSSR count). The minimum atomic E-state index is -0.917. The number of thiophene rings is 1. The molecule has 20 heavy (non-hydrogen) atoms. The standard InChI is InChI=1S/C15H8Cl2O2S/c16-8-4-5-10(12(17)6-8)9-2-1-3-13-11(9)7-14(20-13)15(18)19/h1-7H,(H,18,19). The van der Waals surface area contributed by atoms with Gasteiger partial charge in [-0.25, -0.2) is 4.79 Å². The third-order valence-electron chi connectivity index (χ3n) is 2.99. The van der Waals surface area contributed by atoms with Crippen molar-refractivity contribution in [3.8, 4) is 11.1 Å². The van der Waals surface area contributed by atoms with Crippen molar-refractivity contribution in [1.82, 2.24) is 0 Å². The lowest BCUT2D eigenvalue weighted by Crippen LogP contribution is -1.89. The molecular weight excluding hydrogens is 315 g/mol. The van der Waals surface area contributed by atoms with E-state index in [2.05, 4.69) is 0 Å². The molecule has 100 valence electrons. The predicted molar refractivity (Wildman–Crippen MR) is 84.2 cm³/mol. The van der Waals surface area contributed by atoms with Crippen LogP contribution in [0.25, 0.3) is 21.2 Å². The Balaban J connectivity index is 2.28. The fraction of sp³-hybridized carbons (Fsp3) is 0. The van der Waals surface area contributed by atoms with E-state index in [0.29, 0.717) is 14.9 Å². The van der Waals surface area contributed by atoms with Crippen molar-refractivity contribution in [3.05, 3.63) is 57.4 Å². The fourth-order valence-electron chi connectivity index (χ4n) is 2.11. The second-order valence-electron chi connectivity index (χ2n) is 4.26. The number of carboxylic acids is 1. The van der Waals surface area contributed by atoms with E-state index in [1.54, 1.807) is 18.2 Å². The van der Waals surface area contributed by atoms with Gasteiger partial charge in [0.1, 0.15) is 4.88 Å². The Hall–Kier alpha value is -1.55. The van der Waals surface area contributed by atoms with Crippen LogP contribution < -0.4 is 0 Å². The normalized spacial score (nSPS) is 10.9. The van der Waals surface area contributed by atoms with Crippen molar-refractivity contribution in [2.24, 2.45) is 0 Å². The zero-order chi connectivity index (χ0) is 14.3. The molecule has 0 saturated carbocycles. The number of carbonyl (C=O) groups is 1. The molecule has 0 amide bonds. The first-order valence-electron chi connectivity index (χ1n) is 5.77. The van der Waals surface area contributed by atoms with E-state index in [-0.39, 0.29) is 0 Å². The van der Waals surface area contributed by atoms with E-state index >= 15 is 0 Å². The Morgan fingerprint density at radius 3 is 2.55 bits per heavy atom. The zero-order valence-corrected chi connectivity index (χ0v) is 12.4. The summed E-state index contributed by atoms with van der Waals surface area (Å²) >= 11 is 13.4.